The van der Waals surface area contributed by atoms with Crippen molar-refractivity contribution in [2.24, 2.45) is 5.41 Å². The first-order chi connectivity index (χ1) is 10.2. The van der Waals surface area contributed by atoms with Gasteiger partial charge in [0.25, 0.3) is 0 Å². The number of methoxy groups -OCH3 is 1. The minimum absolute atomic E-state index is 0.129. The van der Waals surface area contributed by atoms with Gasteiger partial charge in [-0.25, -0.2) is 4.79 Å². The SMILES string of the molecule is COCCC1(CNC(=O)NCC(O)c2ccco2)CCC1. The Morgan fingerprint density at radius 2 is 2.33 bits per heavy atom. The molecule has 118 valence electrons. The van der Waals surface area contributed by atoms with E-state index in [9.17, 15) is 9.90 Å². The van der Waals surface area contributed by atoms with Crippen molar-refractivity contribution in [2.45, 2.75) is 31.8 Å². The molecule has 6 heteroatoms. The molecule has 1 fully saturated rings. The van der Waals surface area contributed by atoms with Crippen LogP contribution < -0.4 is 10.6 Å². The first-order valence-electron chi connectivity index (χ1n) is 7.37. The molecular weight excluding hydrogens is 272 g/mol. The zero-order valence-electron chi connectivity index (χ0n) is 12.4. The number of nitrogens with one attached hydrogen (secondary N) is 2. The molecule has 1 atom stereocenters. The second kappa shape index (κ2) is 7.47. The zero-order valence-corrected chi connectivity index (χ0v) is 12.4. The van der Waals surface area contributed by atoms with Crippen LogP contribution in [0.3, 0.4) is 0 Å². The van der Waals surface area contributed by atoms with Crippen LogP contribution in [0.2, 0.25) is 0 Å². The van der Waals surface area contributed by atoms with Crippen LogP contribution in [-0.4, -0.2) is 37.9 Å². The van der Waals surface area contributed by atoms with Crippen molar-refractivity contribution in [1.29, 1.82) is 0 Å². The van der Waals surface area contributed by atoms with Crippen molar-refractivity contribution < 1.29 is 19.1 Å². The molecule has 1 aromatic heterocycles. The molecule has 1 aromatic rings. The number of furan rings is 1. The topological polar surface area (TPSA) is 83.7 Å². The molecular formula is C15H24N2O4. The van der Waals surface area contributed by atoms with Gasteiger partial charge in [0.05, 0.1) is 12.8 Å². The van der Waals surface area contributed by atoms with E-state index >= 15 is 0 Å². The Morgan fingerprint density at radius 1 is 1.52 bits per heavy atom. The minimum Gasteiger partial charge on any atom is -0.467 e. The molecule has 1 aliphatic rings. The van der Waals surface area contributed by atoms with Gasteiger partial charge < -0.3 is 24.9 Å². The molecule has 0 bridgehead atoms. The summed E-state index contributed by atoms with van der Waals surface area (Å²) in [6.07, 6.45) is 5.12. The average Bonchev–Trinajstić information content (AvgIpc) is 2.97. The van der Waals surface area contributed by atoms with Crippen LogP contribution in [0.5, 0.6) is 0 Å². The fourth-order valence-electron chi connectivity index (χ4n) is 2.61. The summed E-state index contributed by atoms with van der Waals surface area (Å²) in [5, 5.41) is 15.4. The Morgan fingerprint density at radius 3 is 2.90 bits per heavy atom. The molecule has 0 saturated heterocycles. The molecule has 1 aliphatic carbocycles. The monoisotopic (exact) mass is 296 g/mol. The Balaban J connectivity index is 1.67. The van der Waals surface area contributed by atoms with E-state index in [1.807, 2.05) is 0 Å². The third-order valence-corrected chi connectivity index (χ3v) is 4.20. The molecule has 2 rings (SSSR count). The standard InChI is InChI=1S/C15H24N2O4/c1-20-9-7-15(5-3-6-15)11-17-14(19)16-10-12(18)13-4-2-8-21-13/h2,4,8,12,18H,3,5-7,9-11H2,1H3,(H2,16,17,19). The van der Waals surface area contributed by atoms with Crippen LogP contribution in [0.4, 0.5) is 4.79 Å². The van der Waals surface area contributed by atoms with Gasteiger partial charge in [-0.05, 0) is 36.8 Å². The van der Waals surface area contributed by atoms with Crippen LogP contribution in [0.1, 0.15) is 37.5 Å². The highest BCUT2D eigenvalue weighted by Gasteiger charge is 2.36. The number of rotatable bonds is 8. The van der Waals surface area contributed by atoms with E-state index < -0.39 is 6.10 Å². The van der Waals surface area contributed by atoms with Crippen LogP contribution in [-0.2, 0) is 4.74 Å². The average molecular weight is 296 g/mol. The van der Waals surface area contributed by atoms with E-state index in [1.54, 1.807) is 19.2 Å². The smallest absolute Gasteiger partial charge is 0.314 e. The van der Waals surface area contributed by atoms with Crippen LogP contribution in [0.15, 0.2) is 22.8 Å². The van der Waals surface area contributed by atoms with Crippen molar-refractivity contribution in [2.75, 3.05) is 26.8 Å². The van der Waals surface area contributed by atoms with Crippen molar-refractivity contribution in [3.8, 4) is 0 Å². The van der Waals surface area contributed by atoms with Crippen molar-refractivity contribution in [1.82, 2.24) is 10.6 Å². The zero-order chi connectivity index (χ0) is 15.1. The highest BCUT2D eigenvalue weighted by atomic mass is 16.5. The third-order valence-electron chi connectivity index (χ3n) is 4.20. The Hall–Kier alpha value is -1.53. The molecule has 21 heavy (non-hydrogen) atoms. The van der Waals surface area contributed by atoms with Gasteiger partial charge in [-0.3, -0.25) is 0 Å². The number of carbonyl (C=O) groups excluding carboxylic acids is 1. The van der Waals surface area contributed by atoms with Crippen molar-refractivity contribution in [3.63, 3.8) is 0 Å². The summed E-state index contributed by atoms with van der Waals surface area (Å²) in [6, 6.07) is 3.12. The number of aliphatic hydroxyl groups excluding tert-OH is 1. The van der Waals surface area contributed by atoms with Gasteiger partial charge in [-0.1, -0.05) is 6.42 Å². The van der Waals surface area contributed by atoms with Gasteiger partial charge in [0.1, 0.15) is 11.9 Å². The van der Waals surface area contributed by atoms with Gasteiger partial charge >= 0.3 is 6.03 Å². The highest BCUT2D eigenvalue weighted by Crippen LogP contribution is 2.43. The molecule has 0 aliphatic heterocycles. The number of aliphatic hydroxyl groups is 1. The van der Waals surface area contributed by atoms with Gasteiger partial charge in [0.15, 0.2) is 0 Å². The number of hydrogen-bond donors (Lipinski definition) is 3. The summed E-state index contributed by atoms with van der Waals surface area (Å²) in [4.78, 5) is 11.8. The molecule has 6 nitrogen and oxygen atoms in total. The van der Waals surface area contributed by atoms with Gasteiger partial charge in [-0.15, -0.1) is 0 Å². The molecule has 1 saturated carbocycles. The van der Waals surface area contributed by atoms with Crippen LogP contribution in [0.25, 0.3) is 0 Å². The summed E-state index contributed by atoms with van der Waals surface area (Å²) in [5.41, 5.74) is 0.187. The molecule has 1 unspecified atom stereocenters. The Kier molecular flexibility index (Phi) is 5.64. The molecule has 3 N–H and O–H groups in total. The molecule has 2 amide bonds. The lowest BCUT2D eigenvalue weighted by Crippen LogP contribution is -2.46. The Labute approximate surface area is 124 Å². The van der Waals surface area contributed by atoms with E-state index in [0.29, 0.717) is 12.3 Å². The van der Waals surface area contributed by atoms with Crippen molar-refractivity contribution in [3.05, 3.63) is 24.2 Å². The van der Waals surface area contributed by atoms with E-state index in [-0.39, 0.29) is 18.0 Å². The maximum absolute atomic E-state index is 11.8. The van der Waals surface area contributed by atoms with Gasteiger partial charge in [-0.2, -0.15) is 0 Å². The van der Waals surface area contributed by atoms with Crippen LogP contribution in [0, 0.1) is 5.41 Å². The maximum atomic E-state index is 11.8. The number of ether oxygens (including phenoxy) is 1. The number of hydrogen-bond acceptors (Lipinski definition) is 4. The quantitative estimate of drug-likeness (QED) is 0.683. The number of carbonyl (C=O) groups is 1. The first kappa shape index (κ1) is 15.9. The molecule has 0 spiro atoms. The maximum Gasteiger partial charge on any atom is 0.314 e. The number of amides is 2. The first-order valence-corrected chi connectivity index (χ1v) is 7.37. The second-order valence-corrected chi connectivity index (χ2v) is 5.69. The molecule has 1 heterocycles. The lowest BCUT2D eigenvalue weighted by molar-refractivity contribution is 0.0709. The largest absolute Gasteiger partial charge is 0.467 e. The van der Waals surface area contributed by atoms with Gasteiger partial charge in [0, 0.05) is 20.3 Å². The summed E-state index contributed by atoms with van der Waals surface area (Å²) < 4.78 is 10.2. The summed E-state index contributed by atoms with van der Waals surface area (Å²) in [7, 11) is 1.70. The van der Waals surface area contributed by atoms with Gasteiger partial charge in [0.2, 0.25) is 0 Å². The predicted molar refractivity (Wildman–Crippen MR) is 77.8 cm³/mol. The third kappa shape index (κ3) is 4.47. The normalized spacial score (nSPS) is 17.8. The van der Waals surface area contributed by atoms with Crippen LogP contribution >= 0.6 is 0 Å². The van der Waals surface area contributed by atoms with E-state index in [2.05, 4.69) is 10.6 Å². The minimum atomic E-state index is -0.822. The summed E-state index contributed by atoms with van der Waals surface area (Å²) >= 11 is 0. The summed E-state index contributed by atoms with van der Waals surface area (Å²) in [6.45, 7) is 1.50. The summed E-state index contributed by atoms with van der Waals surface area (Å²) in [5.74, 6) is 0.450. The molecule has 0 aromatic carbocycles. The van der Waals surface area contributed by atoms with E-state index in [4.69, 9.17) is 9.15 Å². The van der Waals surface area contributed by atoms with E-state index in [0.717, 1.165) is 25.9 Å². The predicted octanol–water partition coefficient (Wildman–Crippen LogP) is 1.82. The lowest BCUT2D eigenvalue weighted by atomic mass is 9.67. The van der Waals surface area contributed by atoms with Crippen molar-refractivity contribution >= 4 is 6.03 Å². The fourth-order valence-corrected chi connectivity index (χ4v) is 2.61. The highest BCUT2D eigenvalue weighted by molar-refractivity contribution is 5.73. The van der Waals surface area contributed by atoms with E-state index in [1.165, 1.54) is 12.7 Å². The second-order valence-electron chi connectivity index (χ2n) is 5.69. The number of urea groups is 1. The fraction of sp³-hybridized carbons (Fsp3) is 0.667. The Bertz CT molecular complexity index is 429. The molecule has 0 radical (unpaired) electrons. The lowest BCUT2D eigenvalue weighted by Gasteiger charge is -2.42.